The third-order valence-electron chi connectivity index (χ3n) is 8.25. The Labute approximate surface area is 233 Å². The summed E-state index contributed by atoms with van der Waals surface area (Å²) in [5.74, 6) is 0. The van der Waals surface area contributed by atoms with Crippen molar-refractivity contribution in [1.82, 2.24) is 0 Å². The van der Waals surface area contributed by atoms with Gasteiger partial charge in [-0.05, 0) is 76.5 Å². The molecule has 0 N–H and O–H groups in total. The number of rotatable bonds is 3. The maximum atomic E-state index is 2.34. The van der Waals surface area contributed by atoms with Crippen LogP contribution < -0.4 is 0 Å². The molecule has 0 nitrogen and oxygen atoms in total. The Kier molecular flexibility index (Phi) is 5.24. The van der Waals surface area contributed by atoms with Gasteiger partial charge in [0, 0.05) is 0 Å². The highest BCUT2D eigenvalue weighted by Gasteiger charge is 2.19. The van der Waals surface area contributed by atoms with Crippen molar-refractivity contribution in [3.8, 4) is 33.4 Å². The van der Waals surface area contributed by atoms with Crippen LogP contribution in [0.15, 0.2) is 158 Å². The molecule has 8 aromatic carbocycles. The highest BCUT2D eigenvalue weighted by molar-refractivity contribution is 6.26. The van der Waals surface area contributed by atoms with Gasteiger partial charge in [-0.1, -0.05) is 158 Å². The summed E-state index contributed by atoms with van der Waals surface area (Å²) in [5.41, 5.74) is 7.62. The molecular formula is C40H26. The van der Waals surface area contributed by atoms with Crippen molar-refractivity contribution < 1.29 is 0 Å². The van der Waals surface area contributed by atoms with Crippen molar-refractivity contribution in [1.29, 1.82) is 0 Å². The quantitative estimate of drug-likeness (QED) is 0.165. The zero-order valence-corrected chi connectivity index (χ0v) is 22.0. The summed E-state index contributed by atoms with van der Waals surface area (Å²) >= 11 is 0. The van der Waals surface area contributed by atoms with E-state index in [0.717, 1.165) is 0 Å². The molecule has 0 aliphatic rings. The summed E-state index contributed by atoms with van der Waals surface area (Å²) in [5, 5.41) is 10.3. The summed E-state index contributed by atoms with van der Waals surface area (Å²) in [4.78, 5) is 0. The van der Waals surface area contributed by atoms with Crippen LogP contribution in [0.3, 0.4) is 0 Å². The smallest absolute Gasteiger partial charge is 0.00201 e. The second-order valence-electron chi connectivity index (χ2n) is 10.4. The van der Waals surface area contributed by atoms with Gasteiger partial charge in [-0.2, -0.15) is 0 Å². The Morgan fingerprint density at radius 3 is 1.35 bits per heavy atom. The first-order valence-electron chi connectivity index (χ1n) is 13.9. The minimum Gasteiger partial charge on any atom is -0.0622 e. The average Bonchev–Trinajstić information content (AvgIpc) is 3.04. The van der Waals surface area contributed by atoms with Crippen molar-refractivity contribution >= 4 is 43.1 Å². The zero-order valence-electron chi connectivity index (χ0n) is 22.0. The Hall–Kier alpha value is -5.20. The standard InChI is InChI=1S/C40H26/c1-3-13-27(14-4-1)31-25-26-37(36-24-23-28-15-7-8-18-30(28)39(31)36)40-34-21-11-9-19-32(34)38(29-16-5-2-6-17-29)33-20-10-12-22-35(33)40/h1-26H. The first kappa shape index (κ1) is 22.8. The zero-order chi connectivity index (χ0) is 26.5. The van der Waals surface area contributed by atoms with E-state index in [1.165, 1.54) is 76.5 Å². The number of benzene rings is 8. The van der Waals surface area contributed by atoms with Gasteiger partial charge in [-0.15, -0.1) is 0 Å². The molecule has 0 heteroatoms. The summed E-state index contributed by atoms with van der Waals surface area (Å²) in [6.07, 6.45) is 0. The lowest BCUT2D eigenvalue weighted by Gasteiger charge is -2.20. The van der Waals surface area contributed by atoms with E-state index < -0.39 is 0 Å². The lowest BCUT2D eigenvalue weighted by Crippen LogP contribution is -1.93. The average molecular weight is 507 g/mol. The second kappa shape index (κ2) is 9.22. The molecule has 0 unspecified atom stereocenters. The van der Waals surface area contributed by atoms with Gasteiger partial charge < -0.3 is 0 Å². The molecule has 0 saturated heterocycles. The topological polar surface area (TPSA) is 0 Å². The molecule has 0 bridgehead atoms. The van der Waals surface area contributed by atoms with Gasteiger partial charge >= 0.3 is 0 Å². The molecule has 40 heavy (non-hydrogen) atoms. The summed E-state index contributed by atoms with van der Waals surface area (Å²) in [7, 11) is 0. The fourth-order valence-electron chi connectivity index (χ4n) is 6.54. The summed E-state index contributed by atoms with van der Waals surface area (Å²) in [6, 6.07) is 57.5. The van der Waals surface area contributed by atoms with Crippen LogP contribution in [-0.4, -0.2) is 0 Å². The normalized spacial score (nSPS) is 11.5. The van der Waals surface area contributed by atoms with Crippen molar-refractivity contribution in [3.05, 3.63) is 158 Å². The maximum absolute atomic E-state index is 2.34. The summed E-state index contributed by atoms with van der Waals surface area (Å²) < 4.78 is 0. The molecule has 0 aliphatic heterocycles. The van der Waals surface area contributed by atoms with Gasteiger partial charge in [0.05, 0.1) is 0 Å². The van der Waals surface area contributed by atoms with Crippen molar-refractivity contribution in [3.63, 3.8) is 0 Å². The Morgan fingerprint density at radius 2 is 0.725 bits per heavy atom. The first-order chi connectivity index (χ1) is 19.9. The minimum atomic E-state index is 1.24. The SMILES string of the molecule is c1ccc(-c2c3ccccc3c(-c3ccc(-c4ccccc4)c4c3ccc3ccccc34)c3ccccc23)cc1. The van der Waals surface area contributed by atoms with E-state index in [0.29, 0.717) is 0 Å². The lowest BCUT2D eigenvalue weighted by molar-refractivity contribution is 1.65. The van der Waals surface area contributed by atoms with E-state index in [2.05, 4.69) is 158 Å². The van der Waals surface area contributed by atoms with Gasteiger partial charge in [0.15, 0.2) is 0 Å². The molecule has 8 rings (SSSR count). The van der Waals surface area contributed by atoms with Crippen molar-refractivity contribution in [2.24, 2.45) is 0 Å². The lowest BCUT2D eigenvalue weighted by atomic mass is 9.83. The third kappa shape index (κ3) is 3.47. The Bertz CT molecular complexity index is 2130. The molecule has 0 radical (unpaired) electrons. The van der Waals surface area contributed by atoms with E-state index in [1.807, 2.05) is 0 Å². The molecule has 8 aromatic rings. The molecule has 0 saturated carbocycles. The van der Waals surface area contributed by atoms with Gasteiger partial charge in [-0.25, -0.2) is 0 Å². The Balaban J connectivity index is 1.56. The molecule has 0 amide bonds. The van der Waals surface area contributed by atoms with E-state index >= 15 is 0 Å². The highest BCUT2D eigenvalue weighted by atomic mass is 14.2. The van der Waals surface area contributed by atoms with Crippen LogP contribution in [0.25, 0.3) is 76.5 Å². The first-order valence-corrected chi connectivity index (χ1v) is 13.9. The van der Waals surface area contributed by atoms with Gasteiger partial charge in [0.1, 0.15) is 0 Å². The van der Waals surface area contributed by atoms with Crippen LogP contribution in [0, 0.1) is 0 Å². The number of hydrogen-bond donors (Lipinski definition) is 0. The minimum absolute atomic E-state index is 1.24. The van der Waals surface area contributed by atoms with Crippen LogP contribution in [-0.2, 0) is 0 Å². The van der Waals surface area contributed by atoms with Crippen LogP contribution in [0.5, 0.6) is 0 Å². The second-order valence-corrected chi connectivity index (χ2v) is 10.4. The van der Waals surface area contributed by atoms with Gasteiger partial charge in [-0.3, -0.25) is 0 Å². The van der Waals surface area contributed by atoms with Crippen LogP contribution in [0.4, 0.5) is 0 Å². The maximum Gasteiger partial charge on any atom is -0.00201 e. The van der Waals surface area contributed by atoms with E-state index in [4.69, 9.17) is 0 Å². The largest absolute Gasteiger partial charge is 0.0622 e. The highest BCUT2D eigenvalue weighted by Crippen LogP contribution is 2.47. The van der Waals surface area contributed by atoms with E-state index in [1.54, 1.807) is 0 Å². The molecule has 0 spiro atoms. The fourth-order valence-corrected chi connectivity index (χ4v) is 6.54. The summed E-state index contributed by atoms with van der Waals surface area (Å²) in [6.45, 7) is 0. The van der Waals surface area contributed by atoms with Crippen LogP contribution >= 0.6 is 0 Å². The van der Waals surface area contributed by atoms with Crippen molar-refractivity contribution in [2.75, 3.05) is 0 Å². The molecule has 0 aromatic heterocycles. The Morgan fingerprint density at radius 1 is 0.250 bits per heavy atom. The number of hydrogen-bond acceptors (Lipinski definition) is 0. The predicted octanol–water partition coefficient (Wildman–Crippen LogP) is 11.3. The molecule has 186 valence electrons. The molecule has 0 aliphatic carbocycles. The van der Waals surface area contributed by atoms with Gasteiger partial charge in [0.25, 0.3) is 0 Å². The van der Waals surface area contributed by atoms with Gasteiger partial charge in [0.2, 0.25) is 0 Å². The van der Waals surface area contributed by atoms with Crippen LogP contribution in [0.1, 0.15) is 0 Å². The number of fused-ring (bicyclic) bond motifs is 5. The van der Waals surface area contributed by atoms with E-state index in [-0.39, 0.29) is 0 Å². The molecular weight excluding hydrogens is 480 g/mol. The molecule has 0 atom stereocenters. The molecule has 0 fully saturated rings. The van der Waals surface area contributed by atoms with Crippen LogP contribution in [0.2, 0.25) is 0 Å². The molecule has 0 heterocycles. The van der Waals surface area contributed by atoms with Crippen molar-refractivity contribution in [2.45, 2.75) is 0 Å². The fraction of sp³-hybridized carbons (Fsp3) is 0. The monoisotopic (exact) mass is 506 g/mol. The predicted molar refractivity (Wildman–Crippen MR) is 173 cm³/mol. The third-order valence-corrected chi connectivity index (χ3v) is 8.25. The van der Waals surface area contributed by atoms with E-state index in [9.17, 15) is 0 Å².